The normalized spacial score (nSPS) is 13.0. The van der Waals surface area contributed by atoms with Crippen molar-refractivity contribution in [3.8, 4) is 5.75 Å². The van der Waals surface area contributed by atoms with Crippen LogP contribution in [-0.2, 0) is 0 Å². The monoisotopic (exact) mass is 294 g/mol. The molecule has 1 aromatic rings. The molecule has 0 spiro atoms. The van der Waals surface area contributed by atoms with E-state index in [0.29, 0.717) is 14.5 Å². The highest BCUT2D eigenvalue weighted by atomic mass is 79.9. The van der Waals surface area contributed by atoms with Gasteiger partial charge in [0.15, 0.2) is 0 Å². The molecule has 0 aromatic heterocycles. The minimum atomic E-state index is -0.585. The van der Waals surface area contributed by atoms with Gasteiger partial charge in [-0.3, -0.25) is 0 Å². The molecule has 66 valence electrons. The Morgan fingerprint density at radius 1 is 1.33 bits per heavy atom. The second-order valence-corrected chi connectivity index (χ2v) is 4.12. The highest BCUT2D eigenvalue weighted by molar-refractivity contribution is 9.11. The van der Waals surface area contributed by atoms with E-state index in [1.807, 2.05) is 0 Å². The SMILES string of the molecule is CC(O)c1ccc(Br)c(O)c1Br. The van der Waals surface area contributed by atoms with Crippen LogP contribution in [0.3, 0.4) is 0 Å². The lowest BCUT2D eigenvalue weighted by atomic mass is 10.1. The molecule has 0 fully saturated rings. The van der Waals surface area contributed by atoms with Crippen molar-refractivity contribution in [2.24, 2.45) is 0 Å². The maximum absolute atomic E-state index is 9.43. The molecule has 1 atom stereocenters. The Morgan fingerprint density at radius 3 is 2.42 bits per heavy atom. The van der Waals surface area contributed by atoms with E-state index in [1.165, 1.54) is 0 Å². The third-order valence-corrected chi connectivity index (χ3v) is 3.02. The summed E-state index contributed by atoms with van der Waals surface area (Å²) in [5, 5.41) is 18.7. The lowest BCUT2D eigenvalue weighted by Gasteiger charge is -2.09. The highest BCUT2D eigenvalue weighted by Crippen LogP contribution is 2.37. The Bertz CT molecular complexity index is 297. The second kappa shape index (κ2) is 3.77. The van der Waals surface area contributed by atoms with Crippen LogP contribution in [0.1, 0.15) is 18.6 Å². The minimum Gasteiger partial charge on any atom is -0.506 e. The summed E-state index contributed by atoms with van der Waals surface area (Å²) < 4.78 is 1.14. The molecule has 0 aliphatic carbocycles. The van der Waals surface area contributed by atoms with Crippen molar-refractivity contribution in [2.75, 3.05) is 0 Å². The lowest BCUT2D eigenvalue weighted by Crippen LogP contribution is -1.92. The van der Waals surface area contributed by atoms with Crippen molar-refractivity contribution in [2.45, 2.75) is 13.0 Å². The molecular formula is C8H8Br2O2. The summed E-state index contributed by atoms with van der Waals surface area (Å²) in [5.74, 6) is 0.119. The largest absolute Gasteiger partial charge is 0.506 e. The summed E-state index contributed by atoms with van der Waals surface area (Å²) in [6.07, 6.45) is -0.585. The van der Waals surface area contributed by atoms with Crippen molar-refractivity contribution < 1.29 is 10.2 Å². The first kappa shape index (κ1) is 10.0. The zero-order valence-electron chi connectivity index (χ0n) is 6.38. The number of aliphatic hydroxyl groups excluding tert-OH is 1. The standard InChI is InChI=1S/C8H8Br2O2/c1-4(11)5-2-3-6(9)8(12)7(5)10/h2-4,11-12H,1H3. The summed E-state index contributed by atoms with van der Waals surface area (Å²) in [7, 11) is 0. The zero-order valence-corrected chi connectivity index (χ0v) is 9.55. The van der Waals surface area contributed by atoms with Crippen molar-refractivity contribution in [3.63, 3.8) is 0 Å². The molecule has 1 rings (SSSR count). The van der Waals surface area contributed by atoms with E-state index in [2.05, 4.69) is 31.9 Å². The van der Waals surface area contributed by atoms with Crippen LogP contribution in [-0.4, -0.2) is 10.2 Å². The molecule has 1 aromatic carbocycles. The van der Waals surface area contributed by atoms with Crippen LogP contribution in [0.4, 0.5) is 0 Å². The fraction of sp³-hybridized carbons (Fsp3) is 0.250. The molecule has 2 nitrogen and oxygen atoms in total. The average Bonchev–Trinajstić information content (AvgIpc) is 2.00. The van der Waals surface area contributed by atoms with Crippen LogP contribution in [0.5, 0.6) is 5.75 Å². The number of halogens is 2. The van der Waals surface area contributed by atoms with E-state index in [1.54, 1.807) is 19.1 Å². The molecule has 0 aliphatic heterocycles. The molecule has 0 bridgehead atoms. The quantitative estimate of drug-likeness (QED) is 0.836. The van der Waals surface area contributed by atoms with Gasteiger partial charge >= 0.3 is 0 Å². The van der Waals surface area contributed by atoms with Crippen LogP contribution < -0.4 is 0 Å². The van der Waals surface area contributed by atoms with Gasteiger partial charge in [-0.05, 0) is 50.4 Å². The molecule has 0 saturated carbocycles. The van der Waals surface area contributed by atoms with Gasteiger partial charge in [0.25, 0.3) is 0 Å². The molecule has 0 aliphatic rings. The number of phenols is 1. The van der Waals surface area contributed by atoms with Crippen LogP contribution in [0.15, 0.2) is 21.1 Å². The van der Waals surface area contributed by atoms with Crippen molar-refractivity contribution >= 4 is 31.9 Å². The second-order valence-electron chi connectivity index (χ2n) is 2.48. The summed E-state index contributed by atoms with van der Waals surface area (Å²) in [5.41, 5.74) is 0.677. The number of hydrogen-bond donors (Lipinski definition) is 2. The number of phenolic OH excluding ortho intramolecular Hbond substituents is 1. The highest BCUT2D eigenvalue weighted by Gasteiger charge is 2.11. The van der Waals surface area contributed by atoms with Crippen LogP contribution in [0, 0.1) is 0 Å². The molecule has 0 saturated heterocycles. The van der Waals surface area contributed by atoms with Crippen LogP contribution in [0.2, 0.25) is 0 Å². The number of aliphatic hydroxyl groups is 1. The number of rotatable bonds is 1. The molecular weight excluding hydrogens is 288 g/mol. The maximum atomic E-state index is 9.43. The first-order chi connectivity index (χ1) is 5.54. The predicted octanol–water partition coefficient (Wildman–Crippen LogP) is 2.97. The summed E-state index contributed by atoms with van der Waals surface area (Å²) in [4.78, 5) is 0. The molecule has 0 radical (unpaired) electrons. The summed E-state index contributed by atoms with van der Waals surface area (Å²) >= 11 is 6.36. The summed E-state index contributed by atoms with van der Waals surface area (Å²) in [6, 6.07) is 3.45. The van der Waals surface area contributed by atoms with E-state index >= 15 is 0 Å². The van der Waals surface area contributed by atoms with Crippen molar-refractivity contribution in [1.29, 1.82) is 0 Å². The molecule has 4 heteroatoms. The average molecular weight is 296 g/mol. The van der Waals surface area contributed by atoms with Gasteiger partial charge in [-0.15, -0.1) is 0 Å². The van der Waals surface area contributed by atoms with Crippen molar-refractivity contribution in [3.05, 3.63) is 26.6 Å². The fourth-order valence-corrected chi connectivity index (χ4v) is 2.15. The van der Waals surface area contributed by atoms with Crippen LogP contribution in [0.25, 0.3) is 0 Å². The lowest BCUT2D eigenvalue weighted by molar-refractivity contribution is 0.198. The Hall–Kier alpha value is -0.0600. The van der Waals surface area contributed by atoms with E-state index in [4.69, 9.17) is 0 Å². The predicted molar refractivity (Wildman–Crippen MR) is 54.1 cm³/mol. The third kappa shape index (κ3) is 1.81. The molecule has 1 unspecified atom stereocenters. The first-order valence-electron chi connectivity index (χ1n) is 3.39. The topological polar surface area (TPSA) is 40.5 Å². The first-order valence-corrected chi connectivity index (χ1v) is 4.97. The van der Waals surface area contributed by atoms with Gasteiger partial charge in [-0.25, -0.2) is 0 Å². The van der Waals surface area contributed by atoms with Gasteiger partial charge < -0.3 is 10.2 Å². The van der Waals surface area contributed by atoms with Gasteiger partial charge in [0.05, 0.1) is 15.0 Å². The summed E-state index contributed by atoms with van der Waals surface area (Å²) in [6.45, 7) is 1.65. The Balaban J connectivity index is 3.27. The Labute approximate surface area is 87.5 Å². The zero-order chi connectivity index (χ0) is 9.30. The number of benzene rings is 1. The van der Waals surface area contributed by atoms with E-state index in [0.717, 1.165) is 0 Å². The van der Waals surface area contributed by atoms with Gasteiger partial charge in [-0.2, -0.15) is 0 Å². The van der Waals surface area contributed by atoms with Gasteiger partial charge in [0, 0.05) is 0 Å². The minimum absolute atomic E-state index is 0.119. The fourth-order valence-electron chi connectivity index (χ4n) is 0.879. The molecule has 0 heterocycles. The van der Waals surface area contributed by atoms with E-state index in [-0.39, 0.29) is 5.75 Å². The Morgan fingerprint density at radius 2 is 1.92 bits per heavy atom. The molecule has 0 amide bonds. The van der Waals surface area contributed by atoms with Crippen LogP contribution >= 0.6 is 31.9 Å². The third-order valence-electron chi connectivity index (χ3n) is 1.55. The Kier molecular flexibility index (Phi) is 3.15. The van der Waals surface area contributed by atoms with Gasteiger partial charge in [0.1, 0.15) is 5.75 Å². The number of aromatic hydroxyl groups is 1. The maximum Gasteiger partial charge on any atom is 0.144 e. The van der Waals surface area contributed by atoms with E-state index < -0.39 is 6.10 Å². The van der Waals surface area contributed by atoms with Gasteiger partial charge in [-0.1, -0.05) is 6.07 Å². The van der Waals surface area contributed by atoms with E-state index in [9.17, 15) is 10.2 Å². The molecule has 12 heavy (non-hydrogen) atoms. The smallest absolute Gasteiger partial charge is 0.144 e. The van der Waals surface area contributed by atoms with Crippen molar-refractivity contribution in [1.82, 2.24) is 0 Å². The van der Waals surface area contributed by atoms with Gasteiger partial charge in [0.2, 0.25) is 0 Å². The number of hydrogen-bond acceptors (Lipinski definition) is 2. The molecule has 2 N–H and O–H groups in total.